The molecule has 220 valence electrons. The van der Waals surface area contributed by atoms with E-state index in [-0.39, 0.29) is 37.0 Å². The Labute approximate surface area is 236 Å². The van der Waals surface area contributed by atoms with Gasteiger partial charge in [-0.3, -0.25) is 13.7 Å². The van der Waals surface area contributed by atoms with Crippen LogP contribution in [-0.4, -0.2) is 52.9 Å². The molecule has 0 radical (unpaired) electrons. The zero-order valence-corrected chi connectivity index (χ0v) is 23.0. The maximum absolute atomic E-state index is 14.5. The van der Waals surface area contributed by atoms with Crippen molar-refractivity contribution in [2.24, 2.45) is 0 Å². The molecule has 2 N–H and O–H groups in total. The second kappa shape index (κ2) is 12.4. The molecule has 1 aromatic heterocycles. The Morgan fingerprint density at radius 2 is 1.71 bits per heavy atom. The molecule has 0 spiro atoms. The van der Waals surface area contributed by atoms with Crippen molar-refractivity contribution in [3.05, 3.63) is 83.1 Å². The summed E-state index contributed by atoms with van der Waals surface area (Å²) in [4.78, 5) is 20.3. The molecule has 4 rings (SSSR count). The van der Waals surface area contributed by atoms with Gasteiger partial charge >= 0.3 is 6.18 Å². The van der Waals surface area contributed by atoms with E-state index in [0.717, 1.165) is 16.4 Å². The zero-order valence-electron chi connectivity index (χ0n) is 22.2. The Hall–Kier alpha value is -3.78. The molecule has 0 bridgehead atoms. The SMILES string of the molecule is CC(C(=O)NCc1ccc(C(F)(F)F)nc1N1CCN(c2ccccc2F)CC1)c1ccc(N(C)S(=O)O)c(F)c1. The first kappa shape index (κ1) is 30.2. The van der Waals surface area contributed by atoms with E-state index in [2.05, 4.69) is 10.3 Å². The number of carbonyl (C=O) groups is 1. The summed E-state index contributed by atoms with van der Waals surface area (Å²) in [6.45, 7) is 2.65. The normalized spacial score (nSPS) is 15.4. The summed E-state index contributed by atoms with van der Waals surface area (Å²) < 4.78 is 90.5. The van der Waals surface area contributed by atoms with Crippen molar-refractivity contribution in [3.63, 3.8) is 0 Å². The van der Waals surface area contributed by atoms with Crippen LogP contribution in [0.3, 0.4) is 0 Å². The highest BCUT2D eigenvalue weighted by Crippen LogP contribution is 2.32. The van der Waals surface area contributed by atoms with Crippen LogP contribution in [0.1, 0.15) is 29.7 Å². The Morgan fingerprint density at radius 1 is 1.05 bits per heavy atom. The van der Waals surface area contributed by atoms with Crippen molar-refractivity contribution < 1.29 is 35.5 Å². The molecule has 2 atom stereocenters. The van der Waals surface area contributed by atoms with Gasteiger partial charge in [-0.15, -0.1) is 0 Å². The number of piperazine rings is 1. The Kier molecular flexibility index (Phi) is 9.12. The van der Waals surface area contributed by atoms with Gasteiger partial charge in [-0.1, -0.05) is 24.3 Å². The molecular weight excluding hydrogens is 569 g/mol. The summed E-state index contributed by atoms with van der Waals surface area (Å²) in [5, 5.41) is 2.68. The van der Waals surface area contributed by atoms with Crippen LogP contribution in [0.25, 0.3) is 0 Å². The van der Waals surface area contributed by atoms with Crippen molar-refractivity contribution in [1.82, 2.24) is 10.3 Å². The lowest BCUT2D eigenvalue weighted by molar-refractivity contribution is -0.141. The minimum absolute atomic E-state index is 0.0661. The van der Waals surface area contributed by atoms with E-state index in [9.17, 15) is 35.5 Å². The van der Waals surface area contributed by atoms with Crippen LogP contribution in [0.5, 0.6) is 0 Å². The van der Waals surface area contributed by atoms with Crippen LogP contribution >= 0.6 is 0 Å². The van der Waals surface area contributed by atoms with Crippen molar-refractivity contribution >= 4 is 34.4 Å². The lowest BCUT2D eigenvalue weighted by atomic mass is 9.99. The van der Waals surface area contributed by atoms with Gasteiger partial charge < -0.3 is 15.1 Å². The van der Waals surface area contributed by atoms with Crippen molar-refractivity contribution in [2.45, 2.75) is 25.6 Å². The van der Waals surface area contributed by atoms with Gasteiger partial charge in [0.05, 0.1) is 17.3 Å². The minimum atomic E-state index is -4.67. The van der Waals surface area contributed by atoms with Crippen molar-refractivity contribution in [3.8, 4) is 0 Å². The number of hydrogen-bond donors (Lipinski definition) is 2. The number of carbonyl (C=O) groups excluding carboxylic acids is 1. The van der Waals surface area contributed by atoms with Gasteiger partial charge in [0.15, 0.2) is 0 Å². The third-order valence-electron chi connectivity index (χ3n) is 6.91. The number of alkyl halides is 3. The van der Waals surface area contributed by atoms with Crippen LogP contribution in [-0.2, 0) is 28.8 Å². The predicted molar refractivity (Wildman–Crippen MR) is 146 cm³/mol. The second-order valence-corrected chi connectivity index (χ2v) is 10.5. The summed E-state index contributed by atoms with van der Waals surface area (Å²) in [7, 11) is 1.24. The van der Waals surface area contributed by atoms with Crippen molar-refractivity contribution in [2.75, 3.05) is 47.3 Å². The van der Waals surface area contributed by atoms with Crippen LogP contribution in [0.4, 0.5) is 39.1 Å². The number of benzene rings is 2. The summed E-state index contributed by atoms with van der Waals surface area (Å²) in [6.07, 6.45) is -4.67. The van der Waals surface area contributed by atoms with Gasteiger partial charge in [0.1, 0.15) is 23.1 Å². The average molecular weight is 598 g/mol. The molecule has 0 saturated carbocycles. The fourth-order valence-electron chi connectivity index (χ4n) is 4.53. The predicted octanol–water partition coefficient (Wildman–Crippen LogP) is 4.70. The van der Waals surface area contributed by atoms with E-state index in [1.54, 1.807) is 23.1 Å². The number of halogens is 5. The van der Waals surface area contributed by atoms with Crippen LogP contribution in [0.15, 0.2) is 54.6 Å². The zero-order chi connectivity index (χ0) is 29.9. The monoisotopic (exact) mass is 597 g/mol. The molecule has 1 saturated heterocycles. The number of amides is 1. The Balaban J connectivity index is 1.49. The van der Waals surface area contributed by atoms with Crippen molar-refractivity contribution in [1.29, 1.82) is 0 Å². The highest BCUT2D eigenvalue weighted by molar-refractivity contribution is 7.80. The standard InChI is InChI=1S/C27H28F5N5O3S/c1-17(18-7-9-22(21(29)15-18)35(2)41(39)40)26(38)33-16-19-8-10-24(27(30,31)32)34-25(19)37-13-11-36(12-14-37)23-6-4-3-5-20(23)28/h3-10,15,17H,11-14,16H2,1-2H3,(H,33,38)(H,39,40). The summed E-state index contributed by atoms with van der Waals surface area (Å²) in [6, 6.07) is 12.2. The topological polar surface area (TPSA) is 89.0 Å². The Bertz CT molecular complexity index is 1430. The number of rotatable bonds is 8. The average Bonchev–Trinajstić information content (AvgIpc) is 2.95. The number of aromatic nitrogens is 1. The van der Waals surface area contributed by atoms with Gasteiger partial charge in [0.25, 0.3) is 11.3 Å². The molecular formula is C27H28F5N5O3S. The van der Waals surface area contributed by atoms with Crippen LogP contribution in [0, 0.1) is 11.6 Å². The van der Waals surface area contributed by atoms with Gasteiger partial charge in [-0.05, 0) is 42.8 Å². The number of nitrogens with zero attached hydrogens (tertiary/aromatic N) is 4. The molecule has 2 unspecified atom stereocenters. The smallest absolute Gasteiger partial charge is 0.366 e. The maximum atomic E-state index is 14.5. The second-order valence-electron chi connectivity index (χ2n) is 9.48. The quantitative estimate of drug-likeness (QED) is 0.289. The van der Waals surface area contributed by atoms with E-state index in [0.29, 0.717) is 29.9 Å². The lowest BCUT2D eigenvalue weighted by Gasteiger charge is -2.37. The highest BCUT2D eigenvalue weighted by atomic mass is 32.2. The molecule has 1 aliphatic heterocycles. The van der Waals surface area contributed by atoms with E-state index in [1.165, 1.54) is 38.2 Å². The maximum Gasteiger partial charge on any atom is 0.433 e. The van der Waals surface area contributed by atoms with Crippen LogP contribution in [0.2, 0.25) is 0 Å². The molecule has 0 aliphatic carbocycles. The van der Waals surface area contributed by atoms with Gasteiger partial charge in [-0.25, -0.2) is 18.0 Å². The fraction of sp³-hybridized carbons (Fsp3) is 0.333. The van der Waals surface area contributed by atoms with E-state index in [4.69, 9.17) is 0 Å². The largest absolute Gasteiger partial charge is 0.433 e. The number of nitrogens with one attached hydrogen (secondary N) is 1. The lowest BCUT2D eigenvalue weighted by Crippen LogP contribution is -2.47. The number of hydrogen-bond acceptors (Lipinski definition) is 5. The molecule has 1 fully saturated rings. The van der Waals surface area contributed by atoms with Crippen LogP contribution < -0.4 is 19.4 Å². The van der Waals surface area contributed by atoms with E-state index < -0.39 is 40.8 Å². The summed E-state index contributed by atoms with van der Waals surface area (Å²) in [5.41, 5.74) is -0.136. The summed E-state index contributed by atoms with van der Waals surface area (Å²) in [5.74, 6) is -2.46. The summed E-state index contributed by atoms with van der Waals surface area (Å²) >= 11 is -2.43. The fourth-order valence-corrected chi connectivity index (χ4v) is 4.85. The van der Waals surface area contributed by atoms with Gasteiger partial charge in [0.2, 0.25) is 5.91 Å². The number of para-hydroxylation sites is 1. The third-order valence-corrected chi connectivity index (χ3v) is 7.58. The third kappa shape index (κ3) is 6.93. The number of pyridine rings is 1. The molecule has 8 nitrogen and oxygen atoms in total. The van der Waals surface area contributed by atoms with E-state index in [1.807, 2.05) is 4.90 Å². The molecule has 2 heterocycles. The number of anilines is 3. The van der Waals surface area contributed by atoms with Gasteiger partial charge in [0, 0.05) is 45.3 Å². The molecule has 1 amide bonds. The van der Waals surface area contributed by atoms with E-state index >= 15 is 0 Å². The first-order valence-corrected chi connectivity index (χ1v) is 13.7. The minimum Gasteiger partial charge on any atom is -0.366 e. The molecule has 3 aromatic rings. The molecule has 14 heteroatoms. The van der Waals surface area contributed by atoms with Gasteiger partial charge in [-0.2, -0.15) is 13.2 Å². The first-order valence-electron chi connectivity index (χ1n) is 12.6. The molecule has 41 heavy (non-hydrogen) atoms. The molecule has 2 aromatic carbocycles. The first-order chi connectivity index (χ1) is 19.4. The molecule has 1 aliphatic rings. The Morgan fingerprint density at radius 3 is 2.32 bits per heavy atom. The highest BCUT2D eigenvalue weighted by Gasteiger charge is 2.34.